The highest BCUT2D eigenvalue weighted by Gasteiger charge is 2.29. The fraction of sp³-hybridized carbons (Fsp3) is 0.385. The lowest BCUT2D eigenvalue weighted by atomic mass is 10.1. The lowest BCUT2D eigenvalue weighted by Gasteiger charge is -2.25. The summed E-state index contributed by atoms with van der Waals surface area (Å²) in [5.41, 5.74) is 1.69. The topological polar surface area (TPSA) is 62.5 Å². The van der Waals surface area contributed by atoms with Crippen LogP contribution in [-0.4, -0.2) is 28.9 Å². The summed E-state index contributed by atoms with van der Waals surface area (Å²) in [6.45, 7) is 0.782. The molecule has 0 aliphatic carbocycles. The third-order valence-corrected chi connectivity index (χ3v) is 6.49. The number of aliphatic hydroxyl groups is 1. The first-order chi connectivity index (χ1) is 9.52. The molecule has 0 spiro atoms. The minimum atomic E-state index is -3.49. The summed E-state index contributed by atoms with van der Waals surface area (Å²) < 4.78 is 28.4. The third-order valence-electron chi connectivity index (χ3n) is 3.66. The lowest BCUT2D eigenvalue weighted by molar-refractivity contribution is 0.272. The first-order valence-electron chi connectivity index (χ1n) is 6.34. The van der Waals surface area contributed by atoms with Crippen LogP contribution in [0.1, 0.15) is 16.1 Å². The number of hydrogen-bond acceptors (Lipinski definition) is 4. The molecule has 108 valence electrons. The molecule has 2 aromatic heterocycles. The van der Waals surface area contributed by atoms with E-state index in [1.54, 1.807) is 35.2 Å². The van der Waals surface area contributed by atoms with Crippen LogP contribution in [0.15, 0.2) is 28.6 Å². The molecule has 0 unspecified atom stereocenters. The summed E-state index contributed by atoms with van der Waals surface area (Å²) >= 11 is 1.69. The molecule has 0 atom stereocenters. The van der Waals surface area contributed by atoms with Gasteiger partial charge in [0.2, 0.25) is 10.0 Å². The highest BCUT2D eigenvalue weighted by molar-refractivity contribution is 7.89. The van der Waals surface area contributed by atoms with Crippen molar-refractivity contribution >= 4 is 21.4 Å². The van der Waals surface area contributed by atoms with Crippen molar-refractivity contribution in [1.82, 2.24) is 8.87 Å². The molecule has 7 heteroatoms. The molecule has 0 aromatic carbocycles. The summed E-state index contributed by atoms with van der Waals surface area (Å²) in [5, 5.41) is 11.2. The quantitative estimate of drug-likeness (QED) is 0.930. The van der Waals surface area contributed by atoms with Crippen LogP contribution in [0.5, 0.6) is 0 Å². The van der Waals surface area contributed by atoms with Gasteiger partial charge in [-0.15, -0.1) is 11.3 Å². The van der Waals surface area contributed by atoms with Gasteiger partial charge in [-0.3, -0.25) is 0 Å². The Morgan fingerprint density at radius 2 is 2.25 bits per heavy atom. The number of rotatable bonds is 3. The van der Waals surface area contributed by atoms with E-state index in [4.69, 9.17) is 0 Å². The molecule has 0 amide bonds. The van der Waals surface area contributed by atoms with E-state index in [0.717, 1.165) is 12.0 Å². The van der Waals surface area contributed by atoms with Crippen molar-refractivity contribution in [2.75, 3.05) is 6.54 Å². The number of thiophene rings is 1. The molecule has 5 nitrogen and oxygen atoms in total. The van der Waals surface area contributed by atoms with Gasteiger partial charge < -0.3 is 9.67 Å². The summed E-state index contributed by atoms with van der Waals surface area (Å²) in [6.07, 6.45) is 2.33. The molecule has 0 saturated heterocycles. The van der Waals surface area contributed by atoms with E-state index >= 15 is 0 Å². The molecule has 0 bridgehead atoms. The number of fused-ring (bicyclic) bond motifs is 1. The van der Waals surface area contributed by atoms with E-state index in [2.05, 4.69) is 0 Å². The van der Waals surface area contributed by atoms with Crippen LogP contribution in [0.25, 0.3) is 0 Å². The molecule has 2 aromatic rings. The second-order valence-electron chi connectivity index (χ2n) is 4.89. The van der Waals surface area contributed by atoms with Gasteiger partial charge in [0, 0.05) is 36.9 Å². The second kappa shape index (κ2) is 5.00. The number of sulfonamides is 1. The summed E-state index contributed by atoms with van der Waals surface area (Å²) in [5.74, 6) is 0. The second-order valence-corrected chi connectivity index (χ2v) is 7.83. The average Bonchev–Trinajstić information content (AvgIpc) is 3.03. The largest absolute Gasteiger partial charge is 0.390 e. The molecule has 1 N–H and O–H groups in total. The van der Waals surface area contributed by atoms with Crippen LogP contribution in [-0.2, 0) is 36.6 Å². The van der Waals surface area contributed by atoms with Crippen molar-refractivity contribution < 1.29 is 13.5 Å². The van der Waals surface area contributed by atoms with E-state index in [1.807, 2.05) is 11.4 Å². The zero-order valence-electron chi connectivity index (χ0n) is 11.1. The van der Waals surface area contributed by atoms with E-state index in [-0.39, 0.29) is 11.5 Å². The number of nitrogens with zero attached hydrogens (tertiary/aromatic N) is 2. The maximum Gasteiger partial charge on any atom is 0.244 e. The fourth-order valence-electron chi connectivity index (χ4n) is 2.45. The van der Waals surface area contributed by atoms with Crippen LogP contribution >= 0.6 is 11.3 Å². The van der Waals surface area contributed by atoms with Gasteiger partial charge in [0.1, 0.15) is 4.90 Å². The number of aromatic nitrogens is 1. The molecule has 3 heterocycles. The van der Waals surface area contributed by atoms with Crippen LogP contribution in [0.4, 0.5) is 0 Å². The molecule has 20 heavy (non-hydrogen) atoms. The predicted octanol–water partition coefficient (Wildman–Crippen LogP) is 1.33. The van der Waals surface area contributed by atoms with Gasteiger partial charge in [-0.05, 0) is 29.5 Å². The monoisotopic (exact) mass is 312 g/mol. The maximum atomic E-state index is 12.6. The average molecular weight is 312 g/mol. The van der Waals surface area contributed by atoms with Crippen molar-refractivity contribution in [1.29, 1.82) is 0 Å². The number of hydrogen-bond donors (Lipinski definition) is 1. The highest BCUT2D eigenvalue weighted by Crippen LogP contribution is 2.28. The van der Waals surface area contributed by atoms with E-state index < -0.39 is 10.0 Å². The van der Waals surface area contributed by atoms with Gasteiger partial charge in [-0.1, -0.05) is 0 Å². The van der Waals surface area contributed by atoms with E-state index in [0.29, 0.717) is 18.8 Å². The Balaban J connectivity index is 1.92. The minimum Gasteiger partial charge on any atom is -0.390 e. The molecule has 0 saturated carbocycles. The number of aryl methyl sites for hydroxylation is 1. The molecule has 3 rings (SSSR count). The van der Waals surface area contributed by atoms with Crippen LogP contribution in [0.3, 0.4) is 0 Å². The molecule has 0 radical (unpaired) electrons. The van der Waals surface area contributed by atoms with Crippen molar-refractivity contribution in [3.63, 3.8) is 0 Å². The Hall–Kier alpha value is -1.15. The van der Waals surface area contributed by atoms with E-state index in [9.17, 15) is 13.5 Å². The zero-order chi connectivity index (χ0) is 14.3. The van der Waals surface area contributed by atoms with Crippen molar-refractivity contribution in [3.05, 3.63) is 39.8 Å². The van der Waals surface area contributed by atoms with Gasteiger partial charge in [0.15, 0.2) is 0 Å². The first-order valence-corrected chi connectivity index (χ1v) is 8.66. The highest BCUT2D eigenvalue weighted by atomic mass is 32.2. The fourth-order valence-corrected chi connectivity index (χ4v) is 4.86. The van der Waals surface area contributed by atoms with E-state index in [1.165, 1.54) is 9.18 Å². The summed E-state index contributed by atoms with van der Waals surface area (Å²) in [6, 6.07) is 3.53. The van der Waals surface area contributed by atoms with Crippen molar-refractivity contribution in [2.24, 2.45) is 7.05 Å². The smallest absolute Gasteiger partial charge is 0.244 e. The summed E-state index contributed by atoms with van der Waals surface area (Å²) in [7, 11) is -1.75. The minimum absolute atomic E-state index is 0.166. The molecular formula is C13H16N2O3S2. The first kappa shape index (κ1) is 13.8. The number of aliphatic hydroxyl groups excluding tert-OH is 1. The van der Waals surface area contributed by atoms with Crippen molar-refractivity contribution in [2.45, 2.75) is 24.5 Å². The normalized spacial score (nSPS) is 16.3. The van der Waals surface area contributed by atoms with Gasteiger partial charge in [-0.25, -0.2) is 8.42 Å². The van der Waals surface area contributed by atoms with Crippen molar-refractivity contribution in [3.8, 4) is 0 Å². The zero-order valence-corrected chi connectivity index (χ0v) is 12.7. The van der Waals surface area contributed by atoms with Crippen LogP contribution in [0.2, 0.25) is 0 Å². The summed E-state index contributed by atoms with van der Waals surface area (Å²) in [4.78, 5) is 1.53. The SMILES string of the molecule is Cn1cc(S(=O)(=O)N2CCc3sccc3C2)cc1CO. The van der Waals surface area contributed by atoms with Gasteiger partial charge >= 0.3 is 0 Å². The van der Waals surface area contributed by atoms with Crippen LogP contribution < -0.4 is 0 Å². The van der Waals surface area contributed by atoms with Crippen LogP contribution in [0, 0.1) is 0 Å². The Bertz CT molecular complexity index is 731. The van der Waals surface area contributed by atoms with Gasteiger partial charge in [-0.2, -0.15) is 4.31 Å². The maximum absolute atomic E-state index is 12.6. The Kier molecular flexibility index (Phi) is 3.45. The third kappa shape index (κ3) is 2.20. The van der Waals surface area contributed by atoms with Gasteiger partial charge in [0.25, 0.3) is 0 Å². The molecule has 1 aliphatic rings. The Labute approximate surface area is 122 Å². The Morgan fingerprint density at radius 1 is 1.45 bits per heavy atom. The van der Waals surface area contributed by atoms with Gasteiger partial charge in [0.05, 0.1) is 6.61 Å². The molecule has 1 aliphatic heterocycles. The molecular weight excluding hydrogens is 296 g/mol. The Morgan fingerprint density at radius 3 is 2.95 bits per heavy atom. The standard InChI is InChI=1S/C13H16N2O3S2/c1-14-8-12(6-11(14)9-16)20(17,18)15-4-2-13-10(7-15)3-5-19-13/h3,5-6,8,16H,2,4,7,9H2,1H3. The lowest BCUT2D eigenvalue weighted by Crippen LogP contribution is -2.35. The molecule has 0 fully saturated rings. The predicted molar refractivity (Wildman–Crippen MR) is 77.0 cm³/mol.